The van der Waals surface area contributed by atoms with Gasteiger partial charge < -0.3 is 10.1 Å². The number of rotatable bonds is 10. The summed E-state index contributed by atoms with van der Waals surface area (Å²) in [4.78, 5) is 12.2. The molecule has 142 valence electrons. The Morgan fingerprint density at radius 3 is 2.92 bits per heavy atom. The molecule has 0 spiro atoms. The van der Waals surface area contributed by atoms with Gasteiger partial charge in [0, 0.05) is 6.04 Å². The van der Waals surface area contributed by atoms with Gasteiger partial charge in [-0.15, -0.1) is 5.10 Å². The lowest BCUT2D eigenvalue weighted by molar-refractivity contribution is -0.119. The van der Waals surface area contributed by atoms with Gasteiger partial charge in [0.1, 0.15) is 11.4 Å². The quantitative estimate of drug-likeness (QED) is 0.506. The number of hydrogen-bond donors (Lipinski definition) is 1. The van der Waals surface area contributed by atoms with Crippen molar-refractivity contribution in [3.8, 4) is 11.4 Å². The number of methoxy groups -OCH3 is 1. The van der Waals surface area contributed by atoms with Crippen LogP contribution in [0.3, 0.4) is 0 Å². The average molecular weight is 378 g/mol. The molecule has 1 amide bonds. The van der Waals surface area contributed by atoms with Crippen molar-refractivity contribution >= 4 is 17.7 Å². The number of amides is 1. The van der Waals surface area contributed by atoms with Crippen molar-refractivity contribution in [2.45, 2.75) is 57.7 Å². The second kappa shape index (κ2) is 10.2. The van der Waals surface area contributed by atoms with Crippen molar-refractivity contribution in [2.75, 3.05) is 12.9 Å². The maximum absolute atomic E-state index is 12.2. The molecule has 0 fully saturated rings. The lowest BCUT2D eigenvalue weighted by Gasteiger charge is -2.13. The van der Waals surface area contributed by atoms with Crippen LogP contribution in [0.15, 0.2) is 23.4 Å². The van der Waals surface area contributed by atoms with E-state index in [0.717, 1.165) is 24.1 Å². The molecule has 1 atom stereocenters. The molecule has 0 aliphatic carbocycles. The maximum Gasteiger partial charge on any atom is 0.230 e. The summed E-state index contributed by atoms with van der Waals surface area (Å²) < 4.78 is 7.00. The minimum atomic E-state index is -0.00949. The lowest BCUT2D eigenvalue weighted by Crippen LogP contribution is -2.33. The summed E-state index contributed by atoms with van der Waals surface area (Å²) in [6.07, 6.45) is 4.52. The smallest absolute Gasteiger partial charge is 0.230 e. The molecule has 0 saturated carbocycles. The Morgan fingerprint density at radius 1 is 1.38 bits per heavy atom. The number of aromatic nitrogens is 4. The molecule has 8 heteroatoms. The van der Waals surface area contributed by atoms with E-state index in [-0.39, 0.29) is 17.7 Å². The van der Waals surface area contributed by atoms with Crippen LogP contribution in [0.5, 0.6) is 5.75 Å². The zero-order valence-corrected chi connectivity index (χ0v) is 16.7. The fraction of sp³-hybridized carbons (Fsp3) is 0.556. The highest BCUT2D eigenvalue weighted by Crippen LogP contribution is 2.26. The molecule has 1 aromatic heterocycles. The zero-order chi connectivity index (χ0) is 18.9. The number of carbonyl (C=O) groups is 1. The van der Waals surface area contributed by atoms with E-state index in [1.807, 2.05) is 32.0 Å². The first-order chi connectivity index (χ1) is 12.5. The predicted octanol–water partition coefficient (Wildman–Crippen LogP) is 3.16. The van der Waals surface area contributed by atoms with Crippen LogP contribution in [0.2, 0.25) is 0 Å². The van der Waals surface area contributed by atoms with Gasteiger partial charge in [-0.1, -0.05) is 44.0 Å². The Labute approximate surface area is 158 Å². The minimum Gasteiger partial charge on any atom is -0.494 e. The summed E-state index contributed by atoms with van der Waals surface area (Å²) in [5.41, 5.74) is 1.83. The van der Waals surface area contributed by atoms with Crippen LogP contribution in [-0.2, 0) is 4.79 Å². The Morgan fingerprint density at radius 2 is 2.19 bits per heavy atom. The van der Waals surface area contributed by atoms with E-state index >= 15 is 0 Å². The standard InChI is InChI=1S/C18H27N5O2S/c1-5-6-7-8-14(3)19-17(24)12-26-18-20-21-22-23(18)15-11-13(2)9-10-16(15)25-4/h9-11,14H,5-8,12H2,1-4H3,(H,19,24)/t14-/m1/s1. The fourth-order valence-electron chi connectivity index (χ4n) is 2.60. The van der Waals surface area contributed by atoms with Gasteiger partial charge in [0.05, 0.1) is 12.9 Å². The molecular formula is C18H27N5O2S. The van der Waals surface area contributed by atoms with E-state index in [1.54, 1.807) is 11.8 Å². The van der Waals surface area contributed by atoms with E-state index in [2.05, 4.69) is 27.8 Å². The molecular weight excluding hydrogens is 350 g/mol. The number of ether oxygens (including phenoxy) is 1. The van der Waals surface area contributed by atoms with Gasteiger partial charge >= 0.3 is 0 Å². The Hall–Kier alpha value is -2.09. The molecule has 0 saturated heterocycles. The molecule has 0 aliphatic rings. The number of unbranched alkanes of at least 4 members (excludes halogenated alkanes) is 2. The minimum absolute atomic E-state index is 0.00949. The molecule has 1 aromatic carbocycles. The van der Waals surface area contributed by atoms with Crippen molar-refractivity contribution in [1.82, 2.24) is 25.5 Å². The third-order valence-corrected chi connectivity index (χ3v) is 4.90. The molecule has 2 aromatic rings. The van der Waals surface area contributed by atoms with E-state index in [0.29, 0.717) is 10.9 Å². The first-order valence-electron chi connectivity index (χ1n) is 8.90. The topological polar surface area (TPSA) is 81.9 Å². The van der Waals surface area contributed by atoms with Gasteiger partial charge in [-0.25, -0.2) is 0 Å². The van der Waals surface area contributed by atoms with Gasteiger partial charge in [0.15, 0.2) is 0 Å². The number of tetrazole rings is 1. The first kappa shape index (κ1) is 20.2. The molecule has 0 aliphatic heterocycles. The molecule has 0 unspecified atom stereocenters. The van der Waals surface area contributed by atoms with Gasteiger partial charge in [-0.05, 0) is 48.4 Å². The van der Waals surface area contributed by atoms with Gasteiger partial charge in [-0.3, -0.25) is 4.79 Å². The maximum atomic E-state index is 12.2. The van der Waals surface area contributed by atoms with Crippen LogP contribution in [0.25, 0.3) is 5.69 Å². The van der Waals surface area contributed by atoms with E-state index in [9.17, 15) is 4.79 Å². The molecule has 26 heavy (non-hydrogen) atoms. The molecule has 7 nitrogen and oxygen atoms in total. The third-order valence-electron chi connectivity index (χ3n) is 3.98. The van der Waals surface area contributed by atoms with Crippen molar-refractivity contribution in [2.24, 2.45) is 0 Å². The summed E-state index contributed by atoms with van der Waals surface area (Å²) in [5, 5.41) is 15.4. The number of aryl methyl sites for hydroxylation is 1. The monoisotopic (exact) mass is 377 g/mol. The predicted molar refractivity (Wildman–Crippen MR) is 103 cm³/mol. The molecule has 1 heterocycles. The third kappa shape index (κ3) is 5.72. The lowest BCUT2D eigenvalue weighted by atomic mass is 10.1. The molecule has 0 radical (unpaired) electrons. The van der Waals surface area contributed by atoms with Crippen molar-refractivity contribution in [1.29, 1.82) is 0 Å². The SMILES string of the molecule is CCCCC[C@@H](C)NC(=O)CSc1nnnn1-c1cc(C)ccc1OC. The van der Waals surface area contributed by atoms with Crippen molar-refractivity contribution < 1.29 is 9.53 Å². The summed E-state index contributed by atoms with van der Waals surface area (Å²) in [5.74, 6) is 0.940. The molecule has 0 bridgehead atoms. The first-order valence-corrected chi connectivity index (χ1v) is 9.89. The van der Waals surface area contributed by atoms with E-state index in [4.69, 9.17) is 4.74 Å². The van der Waals surface area contributed by atoms with E-state index in [1.165, 1.54) is 24.6 Å². The summed E-state index contributed by atoms with van der Waals surface area (Å²) >= 11 is 1.31. The Balaban J connectivity index is 1.97. The highest BCUT2D eigenvalue weighted by Gasteiger charge is 2.16. The van der Waals surface area contributed by atoms with Crippen LogP contribution in [0.1, 0.15) is 45.1 Å². The fourth-order valence-corrected chi connectivity index (χ4v) is 3.30. The van der Waals surface area contributed by atoms with Crippen LogP contribution in [-0.4, -0.2) is 45.0 Å². The van der Waals surface area contributed by atoms with Gasteiger partial charge in [-0.2, -0.15) is 4.68 Å². The molecule has 2 rings (SSSR count). The number of carbonyl (C=O) groups excluding carboxylic acids is 1. The highest BCUT2D eigenvalue weighted by atomic mass is 32.2. The van der Waals surface area contributed by atoms with Gasteiger partial charge in [0.25, 0.3) is 0 Å². The normalized spacial score (nSPS) is 12.0. The van der Waals surface area contributed by atoms with Gasteiger partial charge in [0.2, 0.25) is 11.1 Å². The zero-order valence-electron chi connectivity index (χ0n) is 15.9. The Kier molecular flexibility index (Phi) is 7.90. The van der Waals surface area contributed by atoms with Crippen LogP contribution in [0.4, 0.5) is 0 Å². The second-order valence-corrected chi connectivity index (χ2v) is 7.24. The average Bonchev–Trinajstić information content (AvgIpc) is 3.08. The number of benzene rings is 1. The van der Waals surface area contributed by atoms with Crippen LogP contribution < -0.4 is 10.1 Å². The van der Waals surface area contributed by atoms with Crippen LogP contribution >= 0.6 is 11.8 Å². The molecule has 1 N–H and O–H groups in total. The Bertz CT molecular complexity index is 719. The number of thioether (sulfide) groups is 1. The number of hydrogen-bond acceptors (Lipinski definition) is 6. The van der Waals surface area contributed by atoms with Crippen molar-refractivity contribution in [3.63, 3.8) is 0 Å². The second-order valence-electron chi connectivity index (χ2n) is 6.30. The number of nitrogens with zero attached hydrogens (tertiary/aromatic N) is 4. The highest BCUT2D eigenvalue weighted by molar-refractivity contribution is 7.99. The van der Waals surface area contributed by atoms with E-state index < -0.39 is 0 Å². The summed E-state index contributed by atoms with van der Waals surface area (Å²) in [6, 6.07) is 5.98. The van der Waals surface area contributed by atoms with Crippen molar-refractivity contribution in [3.05, 3.63) is 23.8 Å². The van der Waals surface area contributed by atoms with Crippen LogP contribution in [0, 0.1) is 6.92 Å². The number of nitrogens with one attached hydrogen (secondary N) is 1. The largest absolute Gasteiger partial charge is 0.494 e. The summed E-state index contributed by atoms with van der Waals surface area (Å²) in [6.45, 7) is 6.21. The summed E-state index contributed by atoms with van der Waals surface area (Å²) in [7, 11) is 1.61.